The van der Waals surface area contributed by atoms with Crippen molar-refractivity contribution < 1.29 is 28.9 Å². The number of hydrogen-bond acceptors (Lipinski definition) is 7. The zero-order valence-corrected chi connectivity index (χ0v) is 31.8. The van der Waals surface area contributed by atoms with E-state index in [9.17, 15) is 10.2 Å². The molecule has 4 unspecified atom stereocenters. The molecule has 4 atom stereocenters. The van der Waals surface area contributed by atoms with Gasteiger partial charge in [0.2, 0.25) is 0 Å². The summed E-state index contributed by atoms with van der Waals surface area (Å²) in [7, 11) is 1.68. The van der Waals surface area contributed by atoms with Crippen LogP contribution in [0.1, 0.15) is 134 Å². The minimum absolute atomic E-state index is 0.227. The molecule has 2 fully saturated rings. The molecule has 51 heavy (non-hydrogen) atoms. The van der Waals surface area contributed by atoms with Crippen LogP contribution in [0, 0.1) is 11.8 Å². The lowest BCUT2D eigenvalue weighted by atomic mass is 9.93. The smallest absolute Gasteiger partial charge is 0.175 e. The first kappa shape index (κ1) is 38.8. The number of phenolic OH excluding ortho intramolecular Hbond substituents is 2. The Bertz CT molecular complexity index is 1410. The quantitative estimate of drug-likeness (QED) is 0.0981. The second kappa shape index (κ2) is 18.9. The molecule has 0 aromatic heterocycles. The predicted octanol–water partition coefficient (Wildman–Crippen LogP) is 9.89. The van der Waals surface area contributed by atoms with Crippen molar-refractivity contribution >= 4 is 0 Å². The van der Waals surface area contributed by atoms with Crippen molar-refractivity contribution in [3.8, 4) is 28.7 Å². The zero-order chi connectivity index (χ0) is 36.2. The Kier molecular flexibility index (Phi) is 14.3. The molecule has 280 valence electrons. The lowest BCUT2D eigenvalue weighted by molar-refractivity contribution is -1.00. The first-order valence-corrected chi connectivity index (χ1v) is 19.8. The number of unbranched alkanes of at least 4 members (excludes halogenated alkanes) is 2. The molecule has 2 saturated heterocycles. The molecule has 1 spiro atoms. The maximum Gasteiger partial charge on any atom is 0.175 e. The molecular formula is C43H64N3O5+. The molecule has 3 aromatic rings. The van der Waals surface area contributed by atoms with Gasteiger partial charge in [0, 0.05) is 12.1 Å². The third-order valence-corrected chi connectivity index (χ3v) is 11.4. The first-order valence-electron chi connectivity index (χ1n) is 19.8. The molecule has 0 aliphatic carbocycles. The minimum Gasteiger partial charge on any atom is -0.507 e. The summed E-state index contributed by atoms with van der Waals surface area (Å²) >= 11 is 0. The third kappa shape index (κ3) is 9.51. The van der Waals surface area contributed by atoms with Crippen LogP contribution >= 0.6 is 0 Å². The molecular weight excluding hydrogens is 638 g/mol. The normalized spacial score (nSPS) is 21.2. The molecule has 2 heterocycles. The predicted molar refractivity (Wildman–Crippen MR) is 205 cm³/mol. The van der Waals surface area contributed by atoms with Gasteiger partial charge < -0.3 is 24.4 Å². The van der Waals surface area contributed by atoms with Gasteiger partial charge >= 0.3 is 0 Å². The average molecular weight is 703 g/mol. The standard InChI is InChI=1S/C43H63N3O5/c1-6-10-15-31(8-3)29-50-35-21-23-37(39(47)27-35)42-44-41(33-17-19-34(49-5)20-18-33)45-43(46(42)25-13-12-14-26-46)38-24-22-36(28-40(38)48)51-30-32(9-4)16-11-7-2/h17-24,27-28,31-32,41-45H,6-16,25-26,29-30H2,1-5H3,(H-,47,48)/p+1. The number of phenols is 2. The average Bonchev–Trinajstić information content (AvgIpc) is 3.16. The van der Waals surface area contributed by atoms with E-state index < -0.39 is 0 Å². The van der Waals surface area contributed by atoms with E-state index in [1.807, 2.05) is 36.4 Å². The van der Waals surface area contributed by atoms with Crippen LogP contribution in [0.15, 0.2) is 60.7 Å². The van der Waals surface area contributed by atoms with Gasteiger partial charge in [0.1, 0.15) is 28.7 Å². The molecule has 0 radical (unpaired) electrons. The minimum atomic E-state index is -0.255. The maximum absolute atomic E-state index is 11.7. The van der Waals surface area contributed by atoms with E-state index in [0.717, 1.165) is 80.5 Å². The van der Waals surface area contributed by atoms with E-state index >= 15 is 0 Å². The maximum atomic E-state index is 11.7. The summed E-state index contributed by atoms with van der Waals surface area (Å²) in [6.45, 7) is 12.0. The topological polar surface area (TPSA) is 92.2 Å². The van der Waals surface area contributed by atoms with Crippen LogP contribution in [-0.2, 0) is 0 Å². The van der Waals surface area contributed by atoms with Crippen LogP contribution < -0.4 is 24.8 Å². The number of quaternary nitrogens is 1. The highest BCUT2D eigenvalue weighted by atomic mass is 16.5. The van der Waals surface area contributed by atoms with Crippen molar-refractivity contribution in [3.63, 3.8) is 0 Å². The van der Waals surface area contributed by atoms with Gasteiger partial charge in [0.25, 0.3) is 0 Å². The molecule has 4 N–H and O–H groups in total. The third-order valence-electron chi connectivity index (χ3n) is 11.4. The number of rotatable bonds is 18. The van der Waals surface area contributed by atoms with Crippen molar-refractivity contribution in [1.29, 1.82) is 0 Å². The number of piperidine rings is 1. The molecule has 0 amide bonds. The van der Waals surface area contributed by atoms with Crippen LogP contribution in [0.5, 0.6) is 28.7 Å². The van der Waals surface area contributed by atoms with Gasteiger partial charge in [-0.1, -0.05) is 78.4 Å². The Hall–Kier alpha value is -3.46. The molecule has 0 bridgehead atoms. The highest BCUT2D eigenvalue weighted by Gasteiger charge is 2.52. The first-order chi connectivity index (χ1) is 24.8. The van der Waals surface area contributed by atoms with Gasteiger partial charge in [0.05, 0.1) is 50.7 Å². The van der Waals surface area contributed by atoms with Crippen LogP contribution in [0.2, 0.25) is 0 Å². The summed E-state index contributed by atoms with van der Waals surface area (Å²) < 4.78 is 18.6. The molecule has 0 saturated carbocycles. The largest absolute Gasteiger partial charge is 0.507 e. The van der Waals surface area contributed by atoms with E-state index in [0.29, 0.717) is 41.0 Å². The fraction of sp³-hybridized carbons (Fsp3) is 0.581. The summed E-state index contributed by atoms with van der Waals surface area (Å²) in [5.74, 6) is 3.65. The lowest BCUT2D eigenvalue weighted by Gasteiger charge is -2.56. The number of ether oxygens (including phenoxy) is 3. The SMILES string of the molecule is CCCCC(CC)COc1ccc(C2NC(c3ccc(OC)cc3)NC(c3ccc(OCC(CC)CCCC)cc3O)[N+]23CCCCC3)c(O)c1. The fourth-order valence-electron chi connectivity index (χ4n) is 8.06. The Morgan fingerprint density at radius 2 is 1.14 bits per heavy atom. The van der Waals surface area contributed by atoms with E-state index in [1.165, 1.54) is 25.7 Å². The Labute approximate surface area is 307 Å². The van der Waals surface area contributed by atoms with Gasteiger partial charge in [-0.3, -0.25) is 4.48 Å². The van der Waals surface area contributed by atoms with Crippen LogP contribution in [-0.4, -0.2) is 48.1 Å². The molecule has 5 rings (SSSR count). The summed E-state index contributed by atoms with van der Waals surface area (Å²) in [5, 5.41) is 31.3. The molecule has 8 heteroatoms. The monoisotopic (exact) mass is 702 g/mol. The van der Waals surface area contributed by atoms with E-state index in [4.69, 9.17) is 14.2 Å². The molecule has 2 aliphatic rings. The van der Waals surface area contributed by atoms with Crippen molar-refractivity contribution in [2.75, 3.05) is 33.4 Å². The van der Waals surface area contributed by atoms with Crippen LogP contribution in [0.3, 0.4) is 0 Å². The van der Waals surface area contributed by atoms with Crippen molar-refractivity contribution in [3.05, 3.63) is 77.4 Å². The highest BCUT2D eigenvalue weighted by molar-refractivity contribution is 5.43. The second-order valence-corrected chi connectivity index (χ2v) is 14.9. The van der Waals surface area contributed by atoms with Gasteiger partial charge in [-0.2, -0.15) is 0 Å². The summed E-state index contributed by atoms with van der Waals surface area (Å²) in [6, 6.07) is 19.8. The Balaban J connectivity index is 1.49. The zero-order valence-electron chi connectivity index (χ0n) is 31.8. The number of nitrogens with zero attached hydrogens (tertiary/aromatic N) is 1. The summed E-state index contributed by atoms with van der Waals surface area (Å²) in [6.07, 6.45) is 11.8. The highest BCUT2D eigenvalue weighted by Crippen LogP contribution is 2.49. The molecule has 2 aliphatic heterocycles. The fourth-order valence-corrected chi connectivity index (χ4v) is 8.06. The van der Waals surface area contributed by atoms with Crippen LogP contribution in [0.25, 0.3) is 0 Å². The number of methoxy groups -OCH3 is 1. The summed E-state index contributed by atoms with van der Waals surface area (Å²) in [5.41, 5.74) is 2.73. The van der Waals surface area contributed by atoms with Gasteiger partial charge in [0.15, 0.2) is 12.3 Å². The van der Waals surface area contributed by atoms with Gasteiger partial charge in [-0.15, -0.1) is 0 Å². The Morgan fingerprint density at radius 1 is 0.667 bits per heavy atom. The number of benzene rings is 3. The lowest BCUT2D eigenvalue weighted by Crippen LogP contribution is -2.68. The molecule has 8 nitrogen and oxygen atoms in total. The van der Waals surface area contributed by atoms with E-state index in [2.05, 4.69) is 50.5 Å². The van der Waals surface area contributed by atoms with Gasteiger partial charge in [-0.25, -0.2) is 10.6 Å². The second-order valence-electron chi connectivity index (χ2n) is 14.9. The van der Waals surface area contributed by atoms with Crippen molar-refractivity contribution in [1.82, 2.24) is 10.6 Å². The van der Waals surface area contributed by atoms with Crippen LogP contribution in [0.4, 0.5) is 0 Å². The number of hydrogen-bond donors (Lipinski definition) is 4. The number of nitrogens with one attached hydrogen (secondary N) is 2. The van der Waals surface area contributed by atoms with Crippen molar-refractivity contribution in [2.24, 2.45) is 11.8 Å². The van der Waals surface area contributed by atoms with E-state index in [-0.39, 0.29) is 30.0 Å². The molecule has 3 aromatic carbocycles. The van der Waals surface area contributed by atoms with Gasteiger partial charge in [-0.05, 0) is 85.9 Å². The van der Waals surface area contributed by atoms with E-state index in [1.54, 1.807) is 19.2 Å². The Morgan fingerprint density at radius 3 is 1.55 bits per heavy atom. The number of aromatic hydroxyl groups is 2. The summed E-state index contributed by atoms with van der Waals surface area (Å²) in [4.78, 5) is 0. The van der Waals surface area contributed by atoms with Crippen molar-refractivity contribution in [2.45, 2.75) is 117 Å².